The van der Waals surface area contributed by atoms with E-state index in [1.165, 1.54) is 18.2 Å². The third-order valence-electron chi connectivity index (χ3n) is 4.64. The zero-order valence-corrected chi connectivity index (χ0v) is 17.6. The molecule has 1 atom stereocenters. The number of nitrogens with one attached hydrogen (secondary N) is 2. The first-order valence-electron chi connectivity index (χ1n) is 9.51. The first-order valence-corrected chi connectivity index (χ1v) is 10.7. The summed E-state index contributed by atoms with van der Waals surface area (Å²) in [4.78, 5) is 59.6. The van der Waals surface area contributed by atoms with Gasteiger partial charge in [-0.15, -0.1) is 11.8 Å². The number of nitro benzene ring substituents is 1. The fourth-order valence-electron chi connectivity index (χ4n) is 2.75. The summed E-state index contributed by atoms with van der Waals surface area (Å²) < 4.78 is 0. The molecule has 0 spiro atoms. The van der Waals surface area contributed by atoms with Crippen molar-refractivity contribution in [3.63, 3.8) is 0 Å². The van der Waals surface area contributed by atoms with E-state index in [-0.39, 0.29) is 47.5 Å². The number of fused-ring (bicyclic) bond motifs is 1. The van der Waals surface area contributed by atoms with Gasteiger partial charge in [-0.3, -0.25) is 34.2 Å². The Kier molecular flexibility index (Phi) is 8.34. The Morgan fingerprint density at radius 3 is 2.47 bits per heavy atom. The van der Waals surface area contributed by atoms with Crippen molar-refractivity contribution in [3.8, 4) is 0 Å². The van der Waals surface area contributed by atoms with Crippen LogP contribution in [0.25, 0.3) is 0 Å². The van der Waals surface area contributed by atoms with Crippen LogP contribution in [0, 0.1) is 16.0 Å². The summed E-state index contributed by atoms with van der Waals surface area (Å²) >= 11 is 1.16. The molecule has 30 heavy (non-hydrogen) atoms. The molecule has 2 N–H and O–H groups in total. The van der Waals surface area contributed by atoms with E-state index in [1.807, 2.05) is 13.8 Å². The van der Waals surface area contributed by atoms with Gasteiger partial charge >= 0.3 is 0 Å². The fraction of sp³-hybridized carbons (Fsp3) is 0.474. The topological polar surface area (TPSA) is 139 Å². The Hall–Kier alpha value is -2.95. The highest BCUT2D eigenvalue weighted by Crippen LogP contribution is 2.30. The maximum absolute atomic E-state index is 12.4. The third-order valence-corrected chi connectivity index (χ3v) is 5.57. The molecule has 0 bridgehead atoms. The van der Waals surface area contributed by atoms with Crippen molar-refractivity contribution in [1.29, 1.82) is 0 Å². The molecule has 1 aromatic rings. The van der Waals surface area contributed by atoms with Gasteiger partial charge in [-0.25, -0.2) is 0 Å². The number of benzene rings is 1. The maximum atomic E-state index is 12.4. The molecule has 0 radical (unpaired) electrons. The molecule has 1 aliphatic rings. The van der Waals surface area contributed by atoms with Crippen LogP contribution in [0.15, 0.2) is 18.2 Å². The van der Waals surface area contributed by atoms with Crippen LogP contribution in [0.4, 0.5) is 5.69 Å². The van der Waals surface area contributed by atoms with E-state index in [0.717, 1.165) is 23.1 Å². The zero-order chi connectivity index (χ0) is 22.3. The highest BCUT2D eigenvalue weighted by molar-refractivity contribution is 8.00. The zero-order valence-electron chi connectivity index (χ0n) is 16.8. The van der Waals surface area contributed by atoms with Gasteiger partial charge in [0.15, 0.2) is 0 Å². The summed E-state index contributed by atoms with van der Waals surface area (Å²) in [5.74, 6) is -1.23. The van der Waals surface area contributed by atoms with Crippen LogP contribution < -0.4 is 10.6 Å². The Morgan fingerprint density at radius 1 is 1.17 bits per heavy atom. The van der Waals surface area contributed by atoms with Crippen LogP contribution in [-0.2, 0) is 9.59 Å². The van der Waals surface area contributed by atoms with E-state index < -0.39 is 22.4 Å². The van der Waals surface area contributed by atoms with Gasteiger partial charge in [0.1, 0.15) is 5.56 Å². The minimum Gasteiger partial charge on any atom is -0.355 e. The van der Waals surface area contributed by atoms with Gasteiger partial charge in [-0.05, 0) is 12.0 Å². The van der Waals surface area contributed by atoms with Crippen molar-refractivity contribution in [1.82, 2.24) is 15.5 Å². The van der Waals surface area contributed by atoms with E-state index in [0.29, 0.717) is 12.5 Å². The number of rotatable bonds is 11. The van der Waals surface area contributed by atoms with Crippen molar-refractivity contribution in [3.05, 3.63) is 39.4 Å². The molecule has 11 heteroatoms. The summed E-state index contributed by atoms with van der Waals surface area (Å²) in [5, 5.41) is 16.5. The monoisotopic (exact) mass is 436 g/mol. The predicted octanol–water partition coefficient (Wildman–Crippen LogP) is 1.20. The predicted molar refractivity (Wildman–Crippen MR) is 111 cm³/mol. The third kappa shape index (κ3) is 5.78. The maximum Gasteiger partial charge on any atom is 0.282 e. The van der Waals surface area contributed by atoms with Gasteiger partial charge in [0.2, 0.25) is 11.8 Å². The molecular weight excluding hydrogens is 412 g/mol. The Balaban J connectivity index is 1.75. The molecule has 0 aliphatic carbocycles. The molecule has 1 aliphatic heterocycles. The van der Waals surface area contributed by atoms with Gasteiger partial charge in [0, 0.05) is 25.7 Å². The van der Waals surface area contributed by atoms with Crippen molar-refractivity contribution >= 4 is 41.1 Å². The Labute approximate surface area is 177 Å². The number of nitro groups is 1. The van der Waals surface area contributed by atoms with Crippen LogP contribution in [0.2, 0.25) is 0 Å². The van der Waals surface area contributed by atoms with Crippen molar-refractivity contribution < 1.29 is 24.1 Å². The second-order valence-electron chi connectivity index (χ2n) is 6.88. The lowest BCUT2D eigenvalue weighted by Crippen LogP contribution is -2.38. The number of imide groups is 1. The second kappa shape index (κ2) is 10.7. The molecule has 162 valence electrons. The number of nitrogens with zero attached hydrogens (tertiary/aromatic N) is 2. The SMILES string of the molecule is CCC(C)CNC(=O)CSCC(=O)NCCN1C(=O)c2cccc([N+](=O)[O-])c2C1=O. The minimum absolute atomic E-state index is 0.0128. The molecule has 1 unspecified atom stereocenters. The standard InChI is InChI=1S/C19H24N4O6S/c1-3-12(2)9-21-16(25)11-30-10-15(24)20-7-8-22-18(26)13-5-4-6-14(23(28)29)17(13)19(22)27/h4-6,12H,3,7-11H2,1-2H3,(H,20,24)(H,21,25). The Morgan fingerprint density at radius 2 is 1.83 bits per heavy atom. The smallest absolute Gasteiger partial charge is 0.282 e. The van der Waals surface area contributed by atoms with E-state index in [1.54, 1.807) is 0 Å². The fourth-order valence-corrected chi connectivity index (χ4v) is 3.43. The summed E-state index contributed by atoms with van der Waals surface area (Å²) in [5.41, 5.74) is -0.655. The first-order chi connectivity index (χ1) is 14.3. The molecular formula is C19H24N4O6S. The molecule has 0 aromatic heterocycles. The minimum atomic E-state index is -0.746. The summed E-state index contributed by atoms with van der Waals surface area (Å²) in [7, 11) is 0. The lowest BCUT2D eigenvalue weighted by Gasteiger charge is -2.14. The quantitative estimate of drug-likeness (QED) is 0.302. The number of hydrogen-bond acceptors (Lipinski definition) is 7. The van der Waals surface area contributed by atoms with E-state index >= 15 is 0 Å². The number of thioether (sulfide) groups is 1. The van der Waals surface area contributed by atoms with Crippen LogP contribution in [0.5, 0.6) is 0 Å². The van der Waals surface area contributed by atoms with Crippen LogP contribution in [0.3, 0.4) is 0 Å². The largest absolute Gasteiger partial charge is 0.355 e. The van der Waals surface area contributed by atoms with Crippen LogP contribution >= 0.6 is 11.8 Å². The first kappa shape index (κ1) is 23.3. The molecule has 0 fully saturated rings. The molecule has 0 saturated heterocycles. The van der Waals surface area contributed by atoms with E-state index in [4.69, 9.17) is 0 Å². The molecule has 1 aromatic carbocycles. The van der Waals surface area contributed by atoms with Gasteiger partial charge < -0.3 is 10.6 Å². The van der Waals surface area contributed by atoms with Gasteiger partial charge in [0.25, 0.3) is 17.5 Å². The van der Waals surface area contributed by atoms with Gasteiger partial charge in [-0.1, -0.05) is 26.3 Å². The second-order valence-corrected chi connectivity index (χ2v) is 7.86. The van der Waals surface area contributed by atoms with E-state index in [2.05, 4.69) is 10.6 Å². The van der Waals surface area contributed by atoms with Crippen LogP contribution in [-0.4, -0.2) is 64.6 Å². The summed E-state index contributed by atoms with van der Waals surface area (Å²) in [6.07, 6.45) is 0.969. The van der Waals surface area contributed by atoms with Gasteiger partial charge in [-0.2, -0.15) is 0 Å². The van der Waals surface area contributed by atoms with Crippen molar-refractivity contribution in [2.24, 2.45) is 5.92 Å². The number of hydrogen-bond donors (Lipinski definition) is 2. The summed E-state index contributed by atoms with van der Waals surface area (Å²) in [6.45, 7) is 4.58. The summed E-state index contributed by atoms with van der Waals surface area (Å²) in [6, 6.07) is 3.89. The number of carbonyl (C=O) groups excluding carboxylic acids is 4. The molecule has 1 heterocycles. The molecule has 4 amide bonds. The average molecular weight is 436 g/mol. The molecule has 2 rings (SSSR count). The molecule has 10 nitrogen and oxygen atoms in total. The average Bonchev–Trinajstić information content (AvgIpc) is 2.96. The van der Waals surface area contributed by atoms with E-state index in [9.17, 15) is 29.3 Å². The number of amides is 4. The van der Waals surface area contributed by atoms with Crippen molar-refractivity contribution in [2.45, 2.75) is 20.3 Å². The highest BCUT2D eigenvalue weighted by atomic mass is 32.2. The number of carbonyl (C=O) groups is 4. The highest BCUT2D eigenvalue weighted by Gasteiger charge is 2.40. The Bertz CT molecular complexity index is 859. The van der Waals surface area contributed by atoms with Gasteiger partial charge in [0.05, 0.1) is 22.0 Å². The van der Waals surface area contributed by atoms with Crippen LogP contribution in [0.1, 0.15) is 41.0 Å². The molecule has 0 saturated carbocycles. The lowest BCUT2D eigenvalue weighted by molar-refractivity contribution is -0.385. The lowest BCUT2D eigenvalue weighted by atomic mass is 10.1. The normalized spacial score (nSPS) is 13.7. The van der Waals surface area contributed by atoms with Crippen molar-refractivity contribution in [2.75, 3.05) is 31.1 Å².